The molecule has 0 aromatic heterocycles. The summed E-state index contributed by atoms with van der Waals surface area (Å²) in [5.74, 6) is 0.723. The number of anilines is 2. The minimum absolute atomic E-state index is 0.356. The quantitative estimate of drug-likeness (QED) is 0.338. The lowest BCUT2D eigenvalue weighted by Crippen LogP contribution is -2.73. The first-order chi connectivity index (χ1) is 20.4. The van der Waals surface area contributed by atoms with Crippen molar-refractivity contribution in [1.82, 2.24) is 4.90 Å². The molecule has 0 radical (unpaired) electrons. The number of aliphatic imine (C=N–C) groups is 1. The molecule has 212 valence electrons. The van der Waals surface area contributed by atoms with Crippen molar-refractivity contribution < 1.29 is 4.74 Å². The molecule has 7 nitrogen and oxygen atoms in total. The molecular weight excluding hydrogens is 540 g/mol. The van der Waals surface area contributed by atoms with E-state index in [0.29, 0.717) is 43.0 Å². The average Bonchev–Trinajstić information content (AvgIpc) is 3.06. The Balaban J connectivity index is 1.53. The predicted octanol–water partition coefficient (Wildman–Crippen LogP) is 5.92. The SMILES string of the molecule is CCc1ccc(N2CN=C3N(C2)C(=S)[C@@]2(C#N)CN(c4ccc(CC)cc4)C[C@@]3(C#N)[C@H]2c2ccccc2OC)cc1. The summed E-state index contributed by atoms with van der Waals surface area (Å²) in [6, 6.07) is 30.0. The number of hydrogen-bond acceptors (Lipinski definition) is 7. The van der Waals surface area contributed by atoms with E-state index in [9.17, 15) is 10.5 Å². The third-order valence-electron chi connectivity index (χ3n) is 9.12. The summed E-state index contributed by atoms with van der Waals surface area (Å²) in [5.41, 5.74) is 2.98. The van der Waals surface area contributed by atoms with Gasteiger partial charge in [-0.15, -0.1) is 0 Å². The summed E-state index contributed by atoms with van der Waals surface area (Å²) in [4.78, 5) is 11.9. The van der Waals surface area contributed by atoms with Crippen LogP contribution < -0.4 is 14.5 Å². The predicted molar refractivity (Wildman–Crippen MR) is 170 cm³/mol. The van der Waals surface area contributed by atoms with E-state index < -0.39 is 16.7 Å². The highest BCUT2D eigenvalue weighted by atomic mass is 32.1. The van der Waals surface area contributed by atoms with Crippen LogP contribution in [0.5, 0.6) is 5.75 Å². The van der Waals surface area contributed by atoms with Gasteiger partial charge in [-0.25, -0.2) is 4.99 Å². The van der Waals surface area contributed by atoms with E-state index in [2.05, 4.69) is 84.3 Å². The van der Waals surface area contributed by atoms with Crippen molar-refractivity contribution in [2.75, 3.05) is 43.3 Å². The third-order valence-corrected chi connectivity index (χ3v) is 9.70. The topological polar surface area (TPSA) is 78.9 Å². The van der Waals surface area contributed by atoms with Crippen LogP contribution in [0.25, 0.3) is 0 Å². The molecular formula is C34H34N6OS. The molecule has 3 aromatic rings. The zero-order valence-corrected chi connectivity index (χ0v) is 25.1. The maximum Gasteiger partial charge on any atom is 0.141 e. The van der Waals surface area contributed by atoms with Gasteiger partial charge in [-0.3, -0.25) is 0 Å². The van der Waals surface area contributed by atoms with E-state index in [-0.39, 0.29) is 0 Å². The first-order valence-corrected chi connectivity index (χ1v) is 14.9. The Kier molecular flexibility index (Phi) is 7.12. The number of amidine groups is 1. The first kappa shape index (κ1) is 27.8. The standard InChI is InChI=1S/C34H34N6OS/c1-4-24-10-14-26(15-11-24)38-20-33(18-35)30(28-8-6-7-9-29(28)41-3)34(19-36,21-38)32(42)40-23-39(22-37-31(33)40)27-16-12-25(5-2)13-17-27/h6-17,30H,4-5,20-23H2,1-3H3/t30-,33+,34+/m1/s1. The van der Waals surface area contributed by atoms with E-state index >= 15 is 0 Å². The van der Waals surface area contributed by atoms with Gasteiger partial charge in [0.1, 0.15) is 34.1 Å². The lowest BCUT2D eigenvalue weighted by molar-refractivity contribution is 0.202. The van der Waals surface area contributed by atoms with Crippen LogP contribution in [0, 0.1) is 33.5 Å². The molecule has 8 heteroatoms. The number of fused-ring (bicyclic) bond motifs is 4. The van der Waals surface area contributed by atoms with Crippen LogP contribution in [0.3, 0.4) is 0 Å². The van der Waals surface area contributed by atoms with Crippen molar-refractivity contribution in [3.8, 4) is 17.9 Å². The van der Waals surface area contributed by atoms with Crippen molar-refractivity contribution in [3.63, 3.8) is 0 Å². The molecule has 0 spiro atoms. The lowest BCUT2D eigenvalue weighted by Gasteiger charge is -2.61. The Labute approximate surface area is 253 Å². The maximum atomic E-state index is 11.2. The van der Waals surface area contributed by atoms with Crippen LogP contribution in [0.1, 0.15) is 36.5 Å². The number of thiocarbonyl (C=S) groups is 1. The average molecular weight is 575 g/mol. The molecule has 3 aromatic carbocycles. The largest absolute Gasteiger partial charge is 0.496 e. The number of hydrogen-bond donors (Lipinski definition) is 0. The van der Waals surface area contributed by atoms with Crippen molar-refractivity contribution in [2.45, 2.75) is 32.6 Å². The van der Waals surface area contributed by atoms with Crippen LogP contribution in [-0.2, 0) is 12.8 Å². The van der Waals surface area contributed by atoms with Crippen LogP contribution >= 0.6 is 12.2 Å². The molecule has 2 bridgehead atoms. The molecule has 3 heterocycles. The fourth-order valence-electron chi connectivity index (χ4n) is 6.92. The number of nitrogens with zero attached hydrogens (tertiary/aromatic N) is 6. The normalized spacial score (nSPS) is 24.8. The van der Waals surface area contributed by atoms with Gasteiger partial charge in [0.15, 0.2) is 0 Å². The number of benzene rings is 3. The zero-order chi connectivity index (χ0) is 29.5. The Morgan fingerprint density at radius 1 is 0.857 bits per heavy atom. The molecule has 3 atom stereocenters. The fourth-order valence-corrected chi connectivity index (χ4v) is 7.29. The molecule has 0 N–H and O–H groups in total. The summed E-state index contributed by atoms with van der Waals surface area (Å²) in [6.07, 6.45) is 1.91. The van der Waals surface area contributed by atoms with E-state index in [0.717, 1.165) is 29.8 Å². The van der Waals surface area contributed by atoms with Crippen molar-refractivity contribution >= 4 is 34.4 Å². The molecule has 3 aliphatic rings. The van der Waals surface area contributed by atoms with Gasteiger partial charge in [-0.05, 0) is 54.3 Å². The molecule has 6 rings (SSSR count). The highest BCUT2D eigenvalue weighted by Gasteiger charge is 2.68. The summed E-state index contributed by atoms with van der Waals surface area (Å²) in [6.45, 7) is 5.83. The highest BCUT2D eigenvalue weighted by molar-refractivity contribution is 7.80. The molecule has 0 aliphatic carbocycles. The van der Waals surface area contributed by atoms with Gasteiger partial charge in [0.2, 0.25) is 0 Å². The molecule has 2 fully saturated rings. The van der Waals surface area contributed by atoms with Gasteiger partial charge in [0.05, 0.1) is 25.9 Å². The molecule has 0 saturated carbocycles. The molecule has 2 saturated heterocycles. The van der Waals surface area contributed by atoms with Crippen molar-refractivity contribution in [1.29, 1.82) is 10.5 Å². The Bertz CT molecular complexity index is 1620. The number of nitriles is 2. The van der Waals surface area contributed by atoms with Gasteiger partial charge >= 0.3 is 0 Å². The number of methoxy groups -OCH3 is 1. The van der Waals surface area contributed by atoms with Gasteiger partial charge in [-0.1, -0.05) is 68.5 Å². The summed E-state index contributed by atoms with van der Waals surface area (Å²) in [7, 11) is 1.63. The highest BCUT2D eigenvalue weighted by Crippen LogP contribution is 2.60. The van der Waals surface area contributed by atoms with E-state index in [1.165, 1.54) is 11.1 Å². The molecule has 0 amide bonds. The molecule has 3 aliphatic heterocycles. The number of ether oxygens (including phenoxy) is 1. The molecule has 0 unspecified atom stereocenters. The van der Waals surface area contributed by atoms with Gasteiger partial charge in [0, 0.05) is 35.9 Å². The monoisotopic (exact) mass is 574 g/mol. The first-order valence-electron chi connectivity index (χ1n) is 14.4. The fraction of sp³-hybridized carbons (Fsp3) is 0.353. The Morgan fingerprint density at radius 3 is 2.00 bits per heavy atom. The smallest absolute Gasteiger partial charge is 0.141 e. The van der Waals surface area contributed by atoms with Crippen molar-refractivity contribution in [2.24, 2.45) is 15.8 Å². The number of aryl methyl sites for hydroxylation is 2. The summed E-state index contributed by atoms with van der Waals surface area (Å²) < 4.78 is 5.81. The number of rotatable bonds is 6. The summed E-state index contributed by atoms with van der Waals surface area (Å²) >= 11 is 6.28. The minimum atomic E-state index is -1.19. The van der Waals surface area contributed by atoms with Gasteiger partial charge < -0.3 is 19.4 Å². The van der Waals surface area contributed by atoms with Crippen LogP contribution in [0.15, 0.2) is 77.8 Å². The number of piperidine rings is 2. The summed E-state index contributed by atoms with van der Waals surface area (Å²) in [5, 5.41) is 22.4. The molecule has 42 heavy (non-hydrogen) atoms. The van der Waals surface area contributed by atoms with Crippen LogP contribution in [0.2, 0.25) is 0 Å². The van der Waals surface area contributed by atoms with Gasteiger partial charge in [0.25, 0.3) is 0 Å². The minimum Gasteiger partial charge on any atom is -0.496 e. The second-order valence-corrected chi connectivity index (χ2v) is 11.7. The second kappa shape index (κ2) is 10.8. The van der Waals surface area contributed by atoms with Crippen LogP contribution in [-0.4, -0.2) is 49.3 Å². The van der Waals surface area contributed by atoms with E-state index in [4.69, 9.17) is 21.9 Å². The van der Waals surface area contributed by atoms with Crippen molar-refractivity contribution in [3.05, 3.63) is 89.5 Å². The van der Waals surface area contributed by atoms with Crippen LogP contribution in [0.4, 0.5) is 11.4 Å². The van der Waals surface area contributed by atoms with E-state index in [1.807, 2.05) is 29.2 Å². The third kappa shape index (κ3) is 4.13. The van der Waals surface area contributed by atoms with E-state index in [1.54, 1.807) is 7.11 Å². The Morgan fingerprint density at radius 2 is 1.43 bits per heavy atom. The van der Waals surface area contributed by atoms with Gasteiger partial charge in [-0.2, -0.15) is 10.5 Å². The Hall–Kier alpha value is -4.40. The number of para-hydroxylation sites is 1. The lowest BCUT2D eigenvalue weighted by atomic mass is 9.53. The maximum absolute atomic E-state index is 11.2. The zero-order valence-electron chi connectivity index (χ0n) is 24.2. The second-order valence-electron chi connectivity index (χ2n) is 11.3.